The van der Waals surface area contributed by atoms with Crippen molar-refractivity contribution in [2.24, 2.45) is 5.73 Å². The first kappa shape index (κ1) is 18.4. The van der Waals surface area contributed by atoms with Crippen molar-refractivity contribution in [3.63, 3.8) is 0 Å². The lowest BCUT2D eigenvalue weighted by atomic mass is 9.75. The minimum absolute atomic E-state index is 0.474. The van der Waals surface area contributed by atoms with Gasteiger partial charge in [-0.25, -0.2) is 0 Å². The first-order valence-corrected chi connectivity index (χ1v) is 9.89. The number of nitrogens with two attached hydrogens (primary N) is 1. The first-order valence-electron chi connectivity index (χ1n) is 9.51. The molecule has 0 heterocycles. The molecule has 0 saturated carbocycles. The van der Waals surface area contributed by atoms with Crippen LogP contribution in [-0.4, -0.2) is 19.1 Å². The van der Waals surface area contributed by atoms with Crippen molar-refractivity contribution in [3.05, 3.63) is 69.7 Å². The number of hydrogen-bond acceptors (Lipinski definition) is 2. The Kier molecular flexibility index (Phi) is 6.52. The van der Waals surface area contributed by atoms with Crippen LogP contribution in [0, 0.1) is 0 Å². The van der Waals surface area contributed by atoms with Gasteiger partial charge in [0.15, 0.2) is 0 Å². The van der Waals surface area contributed by atoms with Crippen LogP contribution in [0.5, 0.6) is 0 Å². The molecule has 1 aliphatic carbocycles. The lowest BCUT2D eigenvalue weighted by Crippen LogP contribution is -2.39. The third-order valence-corrected chi connectivity index (χ3v) is 5.72. The van der Waals surface area contributed by atoms with Gasteiger partial charge in [0.05, 0.1) is 0 Å². The van der Waals surface area contributed by atoms with Crippen molar-refractivity contribution in [2.75, 3.05) is 13.1 Å². The van der Waals surface area contributed by atoms with Gasteiger partial charge in [0.1, 0.15) is 0 Å². The van der Waals surface area contributed by atoms with Gasteiger partial charge in [-0.2, -0.15) is 0 Å². The highest BCUT2D eigenvalue weighted by Crippen LogP contribution is 2.36. The predicted octanol–water partition coefficient (Wildman–Crippen LogP) is 4.48. The molecular weight excluding hydrogens is 328 g/mol. The van der Waals surface area contributed by atoms with E-state index in [9.17, 15) is 0 Å². The zero-order valence-corrected chi connectivity index (χ0v) is 15.9. The zero-order chi connectivity index (χ0) is 17.6. The van der Waals surface area contributed by atoms with Crippen LogP contribution in [-0.2, 0) is 19.3 Å². The number of fused-ring (bicyclic) bond motifs is 1. The van der Waals surface area contributed by atoms with E-state index in [1.807, 2.05) is 12.1 Å². The van der Waals surface area contributed by atoms with Gasteiger partial charge in [-0.15, -0.1) is 0 Å². The molecule has 0 amide bonds. The summed E-state index contributed by atoms with van der Waals surface area (Å²) in [5.41, 5.74) is 11.4. The van der Waals surface area contributed by atoms with E-state index in [1.54, 1.807) is 0 Å². The van der Waals surface area contributed by atoms with Gasteiger partial charge in [0.25, 0.3) is 0 Å². The summed E-state index contributed by atoms with van der Waals surface area (Å²) < 4.78 is 0. The summed E-state index contributed by atoms with van der Waals surface area (Å²) in [6.07, 6.45) is 5.45. The molecule has 2 nitrogen and oxygen atoms in total. The van der Waals surface area contributed by atoms with Gasteiger partial charge in [0.2, 0.25) is 0 Å². The van der Waals surface area contributed by atoms with Crippen LogP contribution < -0.4 is 11.1 Å². The second-order valence-corrected chi connectivity index (χ2v) is 7.44. The average Bonchev–Trinajstić information content (AvgIpc) is 2.63. The van der Waals surface area contributed by atoms with E-state index < -0.39 is 0 Å². The van der Waals surface area contributed by atoms with Crippen LogP contribution in [0.2, 0.25) is 5.02 Å². The van der Waals surface area contributed by atoms with Crippen molar-refractivity contribution < 1.29 is 0 Å². The average molecular weight is 357 g/mol. The van der Waals surface area contributed by atoms with Crippen molar-refractivity contribution in [1.82, 2.24) is 5.32 Å². The molecule has 2 unspecified atom stereocenters. The summed E-state index contributed by atoms with van der Waals surface area (Å²) in [7, 11) is 0. The number of hydrogen-bond donors (Lipinski definition) is 2. The van der Waals surface area contributed by atoms with Crippen molar-refractivity contribution >= 4 is 11.6 Å². The number of rotatable bonds is 7. The monoisotopic (exact) mass is 356 g/mol. The van der Waals surface area contributed by atoms with E-state index in [0.717, 1.165) is 43.8 Å². The van der Waals surface area contributed by atoms with Crippen molar-refractivity contribution in [1.29, 1.82) is 0 Å². The molecule has 0 spiro atoms. The molecule has 25 heavy (non-hydrogen) atoms. The lowest BCUT2D eigenvalue weighted by Gasteiger charge is -2.35. The highest BCUT2D eigenvalue weighted by molar-refractivity contribution is 6.31. The molecule has 2 atom stereocenters. The molecule has 3 rings (SSSR count). The normalized spacial score (nSPS) is 19.6. The molecule has 0 radical (unpaired) electrons. The van der Waals surface area contributed by atoms with Crippen LogP contribution in [0.4, 0.5) is 0 Å². The van der Waals surface area contributed by atoms with E-state index in [0.29, 0.717) is 12.0 Å². The highest BCUT2D eigenvalue weighted by Gasteiger charge is 2.29. The molecule has 3 N–H and O–H groups in total. The van der Waals surface area contributed by atoms with Crippen LogP contribution in [0.25, 0.3) is 0 Å². The lowest BCUT2D eigenvalue weighted by molar-refractivity contribution is 0.392. The maximum Gasteiger partial charge on any atom is 0.0438 e. The second kappa shape index (κ2) is 8.84. The van der Waals surface area contributed by atoms with Crippen molar-refractivity contribution in [2.45, 2.75) is 51.0 Å². The smallest absolute Gasteiger partial charge is 0.0438 e. The molecule has 2 aromatic carbocycles. The SMILES string of the molecule is CCNC1CCc2ccc(CCCN)cc2C1Cc1ccccc1Cl. The van der Waals surface area contributed by atoms with Crippen molar-refractivity contribution in [3.8, 4) is 0 Å². The summed E-state index contributed by atoms with van der Waals surface area (Å²) in [4.78, 5) is 0. The van der Waals surface area contributed by atoms with E-state index >= 15 is 0 Å². The summed E-state index contributed by atoms with van der Waals surface area (Å²) in [6.45, 7) is 3.95. The Morgan fingerprint density at radius 2 is 2.04 bits per heavy atom. The number of likely N-dealkylation sites (N-methyl/N-ethyl adjacent to an activating group) is 1. The molecule has 3 heteroatoms. The van der Waals surface area contributed by atoms with E-state index in [4.69, 9.17) is 17.3 Å². The van der Waals surface area contributed by atoms with Gasteiger partial charge in [-0.05, 0) is 73.5 Å². The molecule has 1 aliphatic rings. The Balaban J connectivity index is 1.93. The molecule has 0 fully saturated rings. The van der Waals surface area contributed by atoms with Gasteiger partial charge in [-0.1, -0.05) is 54.9 Å². The Morgan fingerprint density at radius 3 is 2.80 bits per heavy atom. The molecule has 0 saturated heterocycles. The third kappa shape index (κ3) is 4.44. The maximum atomic E-state index is 6.46. The third-order valence-electron chi connectivity index (χ3n) is 5.35. The predicted molar refractivity (Wildman–Crippen MR) is 108 cm³/mol. The van der Waals surface area contributed by atoms with Gasteiger partial charge < -0.3 is 11.1 Å². The molecule has 0 bridgehead atoms. The standard InChI is InChI=1S/C22H29ClN2/c1-2-25-22-12-11-17-10-9-16(6-5-13-24)14-19(17)20(22)15-18-7-3-4-8-21(18)23/h3-4,7-10,14,20,22,25H,2,5-6,11-13,15,24H2,1H3. The van der Waals surface area contributed by atoms with Gasteiger partial charge in [-0.3, -0.25) is 0 Å². The topological polar surface area (TPSA) is 38.0 Å². The number of nitrogens with one attached hydrogen (secondary N) is 1. The minimum Gasteiger partial charge on any atom is -0.330 e. The van der Waals surface area contributed by atoms with Crippen LogP contribution >= 0.6 is 11.6 Å². The van der Waals surface area contributed by atoms with Crippen LogP contribution in [0.15, 0.2) is 42.5 Å². The first-order chi connectivity index (χ1) is 12.2. The van der Waals surface area contributed by atoms with Gasteiger partial charge >= 0.3 is 0 Å². The largest absolute Gasteiger partial charge is 0.330 e. The Labute approximate surface area is 156 Å². The van der Waals surface area contributed by atoms with Crippen LogP contribution in [0.1, 0.15) is 47.9 Å². The molecule has 134 valence electrons. The summed E-state index contributed by atoms with van der Waals surface area (Å²) in [5, 5.41) is 4.59. The summed E-state index contributed by atoms with van der Waals surface area (Å²) in [5.74, 6) is 0.474. The van der Waals surface area contributed by atoms with E-state index in [1.165, 1.54) is 28.7 Å². The Hall–Kier alpha value is -1.35. The fraction of sp³-hybridized carbons (Fsp3) is 0.455. The fourth-order valence-corrected chi connectivity index (χ4v) is 4.28. The second-order valence-electron chi connectivity index (χ2n) is 7.03. The Morgan fingerprint density at radius 1 is 1.20 bits per heavy atom. The quantitative estimate of drug-likeness (QED) is 0.767. The summed E-state index contributed by atoms with van der Waals surface area (Å²) >= 11 is 6.46. The summed E-state index contributed by atoms with van der Waals surface area (Å²) in [6, 6.07) is 15.8. The van der Waals surface area contributed by atoms with E-state index in [-0.39, 0.29) is 0 Å². The molecule has 0 aromatic heterocycles. The number of benzene rings is 2. The highest BCUT2D eigenvalue weighted by atomic mass is 35.5. The molecule has 2 aromatic rings. The fourth-order valence-electron chi connectivity index (χ4n) is 4.07. The van der Waals surface area contributed by atoms with E-state index in [2.05, 4.69) is 42.6 Å². The Bertz CT molecular complexity index is 698. The molecular formula is C22H29ClN2. The minimum atomic E-state index is 0.474. The van der Waals surface area contributed by atoms with Gasteiger partial charge in [0, 0.05) is 17.0 Å². The number of halogens is 1. The molecule has 0 aliphatic heterocycles. The van der Waals surface area contributed by atoms with Crippen LogP contribution in [0.3, 0.4) is 0 Å². The zero-order valence-electron chi connectivity index (χ0n) is 15.1. The number of aryl methyl sites for hydroxylation is 2. The maximum absolute atomic E-state index is 6.46.